The zero-order valence-electron chi connectivity index (χ0n) is 17.9. The van der Waals surface area contributed by atoms with Gasteiger partial charge in [0.2, 0.25) is 0 Å². The SMILES string of the molecule is CCN1c2ccc(C(=O)NCc3cccs3)cc2C2NCCCC2C1c1ccccc1. The van der Waals surface area contributed by atoms with Crippen LogP contribution in [0.25, 0.3) is 0 Å². The second-order valence-electron chi connectivity index (χ2n) is 8.42. The topological polar surface area (TPSA) is 44.4 Å². The van der Waals surface area contributed by atoms with Crippen LogP contribution in [0.2, 0.25) is 0 Å². The number of thiophene rings is 1. The summed E-state index contributed by atoms with van der Waals surface area (Å²) in [7, 11) is 0. The highest BCUT2D eigenvalue weighted by Gasteiger charge is 2.42. The van der Waals surface area contributed by atoms with E-state index in [9.17, 15) is 4.79 Å². The summed E-state index contributed by atoms with van der Waals surface area (Å²) in [5, 5.41) is 8.90. The van der Waals surface area contributed by atoms with Gasteiger partial charge in [-0.2, -0.15) is 0 Å². The quantitative estimate of drug-likeness (QED) is 0.576. The van der Waals surface area contributed by atoms with Crippen LogP contribution in [0.3, 0.4) is 0 Å². The Morgan fingerprint density at radius 1 is 1.16 bits per heavy atom. The molecule has 3 unspecified atom stereocenters. The van der Waals surface area contributed by atoms with Gasteiger partial charge in [-0.05, 0) is 67.1 Å². The molecule has 31 heavy (non-hydrogen) atoms. The van der Waals surface area contributed by atoms with Crippen LogP contribution in [0.15, 0.2) is 66.0 Å². The van der Waals surface area contributed by atoms with Crippen LogP contribution in [-0.2, 0) is 6.54 Å². The number of nitrogens with zero attached hydrogens (tertiary/aromatic N) is 1. The third kappa shape index (κ3) is 3.88. The van der Waals surface area contributed by atoms with E-state index in [0.29, 0.717) is 18.5 Å². The van der Waals surface area contributed by atoms with Gasteiger partial charge < -0.3 is 15.5 Å². The molecule has 5 rings (SSSR count). The summed E-state index contributed by atoms with van der Waals surface area (Å²) in [5.41, 5.74) is 4.64. The average Bonchev–Trinajstić information content (AvgIpc) is 3.35. The number of fused-ring (bicyclic) bond motifs is 3. The average molecular weight is 432 g/mol. The molecule has 0 saturated carbocycles. The lowest BCUT2D eigenvalue weighted by atomic mass is 9.74. The van der Waals surface area contributed by atoms with Gasteiger partial charge in [-0.25, -0.2) is 0 Å². The lowest BCUT2D eigenvalue weighted by Gasteiger charge is -2.50. The first-order chi connectivity index (χ1) is 15.3. The number of hydrogen-bond donors (Lipinski definition) is 2. The van der Waals surface area contributed by atoms with Crippen molar-refractivity contribution in [3.63, 3.8) is 0 Å². The molecule has 2 aliphatic heterocycles. The second kappa shape index (κ2) is 8.85. The largest absolute Gasteiger partial charge is 0.364 e. The molecule has 4 nitrogen and oxygen atoms in total. The van der Waals surface area contributed by atoms with Gasteiger partial charge in [0.05, 0.1) is 12.6 Å². The number of rotatable bonds is 5. The minimum atomic E-state index is -0.00297. The first-order valence-electron chi connectivity index (χ1n) is 11.3. The summed E-state index contributed by atoms with van der Waals surface area (Å²) in [6.07, 6.45) is 2.39. The van der Waals surface area contributed by atoms with Crippen molar-refractivity contribution in [2.24, 2.45) is 5.92 Å². The Hall–Kier alpha value is -2.63. The fraction of sp³-hybridized carbons (Fsp3) is 0.346. The number of hydrogen-bond acceptors (Lipinski definition) is 4. The number of anilines is 1. The lowest BCUT2D eigenvalue weighted by Crippen LogP contribution is -2.47. The number of piperidine rings is 1. The molecule has 3 heterocycles. The van der Waals surface area contributed by atoms with E-state index in [1.807, 2.05) is 17.5 Å². The highest BCUT2D eigenvalue weighted by atomic mass is 32.1. The number of nitrogens with one attached hydrogen (secondary N) is 2. The van der Waals surface area contributed by atoms with Crippen molar-refractivity contribution >= 4 is 22.9 Å². The number of amides is 1. The Balaban J connectivity index is 1.49. The smallest absolute Gasteiger partial charge is 0.251 e. The fourth-order valence-electron chi connectivity index (χ4n) is 5.31. The first kappa shape index (κ1) is 20.3. The van der Waals surface area contributed by atoms with E-state index >= 15 is 0 Å². The minimum absolute atomic E-state index is 0.00297. The Bertz CT molecular complexity index is 1030. The van der Waals surface area contributed by atoms with E-state index in [-0.39, 0.29) is 11.9 Å². The maximum atomic E-state index is 12.9. The van der Waals surface area contributed by atoms with Crippen LogP contribution in [0, 0.1) is 5.92 Å². The number of carbonyl (C=O) groups is 1. The molecular weight excluding hydrogens is 402 g/mol. The summed E-state index contributed by atoms with van der Waals surface area (Å²) in [6, 6.07) is 21.9. The molecule has 160 valence electrons. The molecule has 0 aliphatic carbocycles. The summed E-state index contributed by atoms with van der Waals surface area (Å²) in [6.45, 7) is 4.79. The van der Waals surface area contributed by atoms with Crippen molar-refractivity contribution in [1.82, 2.24) is 10.6 Å². The molecule has 2 N–H and O–H groups in total. The van der Waals surface area contributed by atoms with Gasteiger partial charge in [-0.1, -0.05) is 36.4 Å². The fourth-order valence-corrected chi connectivity index (χ4v) is 5.95. The molecule has 1 amide bonds. The van der Waals surface area contributed by atoms with Crippen LogP contribution in [0.5, 0.6) is 0 Å². The molecular formula is C26H29N3OS. The predicted octanol–water partition coefficient (Wildman–Crippen LogP) is 5.30. The van der Waals surface area contributed by atoms with Crippen LogP contribution in [-0.4, -0.2) is 19.0 Å². The molecule has 2 aromatic carbocycles. The molecule has 3 atom stereocenters. The summed E-state index contributed by atoms with van der Waals surface area (Å²) >= 11 is 1.67. The Labute approximate surface area is 188 Å². The second-order valence-corrected chi connectivity index (χ2v) is 9.45. The third-order valence-electron chi connectivity index (χ3n) is 6.67. The molecule has 0 radical (unpaired) electrons. The van der Waals surface area contributed by atoms with Crippen molar-refractivity contribution < 1.29 is 4.79 Å². The van der Waals surface area contributed by atoms with E-state index < -0.39 is 0 Å². The van der Waals surface area contributed by atoms with Crippen LogP contribution >= 0.6 is 11.3 Å². The van der Waals surface area contributed by atoms with E-state index in [2.05, 4.69) is 71.0 Å². The van der Waals surface area contributed by atoms with Crippen molar-refractivity contribution in [2.45, 2.75) is 38.4 Å². The van der Waals surface area contributed by atoms with Gasteiger partial charge in [0.15, 0.2) is 0 Å². The maximum absolute atomic E-state index is 12.9. The summed E-state index contributed by atoms with van der Waals surface area (Å²) in [4.78, 5) is 16.6. The van der Waals surface area contributed by atoms with E-state index in [0.717, 1.165) is 18.7 Å². The zero-order valence-corrected chi connectivity index (χ0v) is 18.7. The zero-order chi connectivity index (χ0) is 21.2. The third-order valence-corrected chi connectivity index (χ3v) is 7.54. The molecule has 1 saturated heterocycles. The Kier molecular flexibility index (Phi) is 5.79. The minimum Gasteiger partial charge on any atom is -0.364 e. The van der Waals surface area contributed by atoms with E-state index in [1.165, 1.54) is 34.5 Å². The van der Waals surface area contributed by atoms with Gasteiger partial charge in [-0.15, -0.1) is 11.3 Å². The summed E-state index contributed by atoms with van der Waals surface area (Å²) in [5.74, 6) is 0.491. The van der Waals surface area contributed by atoms with Crippen LogP contribution in [0.4, 0.5) is 5.69 Å². The van der Waals surface area contributed by atoms with Gasteiger partial charge in [0, 0.05) is 34.6 Å². The van der Waals surface area contributed by atoms with Crippen molar-refractivity contribution in [3.8, 4) is 0 Å². The number of carbonyl (C=O) groups excluding carboxylic acids is 1. The molecule has 1 aromatic heterocycles. The van der Waals surface area contributed by atoms with E-state index in [1.54, 1.807) is 11.3 Å². The first-order valence-corrected chi connectivity index (χ1v) is 12.1. The highest BCUT2D eigenvalue weighted by molar-refractivity contribution is 7.09. The van der Waals surface area contributed by atoms with Crippen LogP contribution in [0.1, 0.15) is 58.2 Å². The van der Waals surface area contributed by atoms with Gasteiger partial charge in [-0.3, -0.25) is 4.79 Å². The standard InChI is InChI=1S/C26H29N3OS/c1-2-29-23-13-12-19(26(30)28-17-20-10-7-15-31-20)16-22(23)24-21(11-6-14-27-24)25(29)18-8-4-3-5-9-18/h3-5,7-10,12-13,15-16,21,24-25,27H,2,6,11,14,17H2,1H3,(H,28,30). The van der Waals surface area contributed by atoms with Crippen molar-refractivity contribution in [2.75, 3.05) is 18.0 Å². The number of benzene rings is 2. The van der Waals surface area contributed by atoms with Gasteiger partial charge >= 0.3 is 0 Å². The molecule has 0 spiro atoms. The maximum Gasteiger partial charge on any atom is 0.251 e. The highest BCUT2D eigenvalue weighted by Crippen LogP contribution is 2.50. The molecule has 5 heteroatoms. The van der Waals surface area contributed by atoms with Gasteiger partial charge in [0.1, 0.15) is 0 Å². The molecule has 1 fully saturated rings. The molecule has 2 aliphatic rings. The molecule has 3 aromatic rings. The van der Waals surface area contributed by atoms with Crippen LogP contribution < -0.4 is 15.5 Å². The molecule has 0 bridgehead atoms. The lowest BCUT2D eigenvalue weighted by molar-refractivity contribution is 0.0951. The van der Waals surface area contributed by atoms with E-state index in [4.69, 9.17) is 0 Å². The van der Waals surface area contributed by atoms with Crippen molar-refractivity contribution in [3.05, 3.63) is 87.6 Å². The van der Waals surface area contributed by atoms with Gasteiger partial charge in [0.25, 0.3) is 5.91 Å². The monoisotopic (exact) mass is 431 g/mol. The normalized spacial score (nSPS) is 22.5. The van der Waals surface area contributed by atoms with Crippen molar-refractivity contribution in [1.29, 1.82) is 0 Å². The summed E-state index contributed by atoms with van der Waals surface area (Å²) < 4.78 is 0. The Morgan fingerprint density at radius 3 is 2.81 bits per heavy atom. The Morgan fingerprint density at radius 2 is 2.03 bits per heavy atom. The predicted molar refractivity (Wildman–Crippen MR) is 128 cm³/mol.